The molecule has 1 aliphatic carbocycles. The number of amides is 1. The second-order valence-corrected chi connectivity index (χ2v) is 4.88. The van der Waals surface area contributed by atoms with E-state index in [9.17, 15) is 9.90 Å². The normalized spacial score (nSPS) is 24.3. The van der Waals surface area contributed by atoms with Gasteiger partial charge in [-0.15, -0.1) is 0 Å². The van der Waals surface area contributed by atoms with Crippen molar-refractivity contribution in [2.45, 2.75) is 43.9 Å². The maximum absolute atomic E-state index is 11.5. The van der Waals surface area contributed by atoms with Gasteiger partial charge < -0.3 is 19.9 Å². The fourth-order valence-corrected chi connectivity index (χ4v) is 2.60. The van der Waals surface area contributed by atoms with Crippen LogP contribution in [-0.4, -0.2) is 42.2 Å². The summed E-state index contributed by atoms with van der Waals surface area (Å²) in [4.78, 5) is 11.5. The lowest BCUT2D eigenvalue weighted by Crippen LogP contribution is -2.56. The molecule has 1 aliphatic heterocycles. The van der Waals surface area contributed by atoms with Crippen molar-refractivity contribution in [3.63, 3.8) is 0 Å². The molecule has 2 rings (SSSR count). The Balaban J connectivity index is 1.98. The van der Waals surface area contributed by atoms with Crippen LogP contribution in [0.4, 0.5) is 0 Å². The Kier molecular flexibility index (Phi) is 3.91. The third-order valence-corrected chi connectivity index (χ3v) is 3.70. The average molecular weight is 253 g/mol. The number of rotatable bonds is 2. The highest BCUT2D eigenvalue weighted by atomic mass is 16.7. The molecule has 0 atom stereocenters. The molecule has 1 amide bonds. The van der Waals surface area contributed by atoms with Gasteiger partial charge >= 0.3 is 0 Å². The number of hydrogen-bond donors (Lipinski definition) is 2. The monoisotopic (exact) mass is 253 g/mol. The summed E-state index contributed by atoms with van der Waals surface area (Å²) in [6.45, 7) is 2.78. The van der Waals surface area contributed by atoms with Crippen LogP contribution in [0.2, 0.25) is 0 Å². The molecule has 1 saturated heterocycles. The molecule has 0 aromatic carbocycles. The van der Waals surface area contributed by atoms with Gasteiger partial charge in [0.25, 0.3) is 5.91 Å². The standard InChI is InChI=1S/C13H19NO4/c1-2-3-11(16)14-12(10-15)4-6-13(7-5-12)17-8-9-18-13/h15H,4-10H2,1H3,(H,14,16). The fraction of sp³-hybridized carbons (Fsp3) is 0.769. The third-order valence-electron chi connectivity index (χ3n) is 3.70. The smallest absolute Gasteiger partial charge is 0.296 e. The number of nitrogens with one attached hydrogen (secondary N) is 1. The van der Waals surface area contributed by atoms with Crippen molar-refractivity contribution < 1.29 is 19.4 Å². The summed E-state index contributed by atoms with van der Waals surface area (Å²) >= 11 is 0. The van der Waals surface area contributed by atoms with E-state index in [0.29, 0.717) is 38.9 Å². The first-order valence-corrected chi connectivity index (χ1v) is 6.27. The molecule has 18 heavy (non-hydrogen) atoms. The number of aliphatic hydroxyl groups is 1. The summed E-state index contributed by atoms with van der Waals surface area (Å²) < 4.78 is 11.3. The Morgan fingerprint density at radius 2 is 1.89 bits per heavy atom. The number of ether oxygens (including phenoxy) is 2. The van der Waals surface area contributed by atoms with Gasteiger partial charge in [0.15, 0.2) is 5.79 Å². The van der Waals surface area contributed by atoms with E-state index in [1.807, 2.05) is 0 Å². The molecule has 0 bridgehead atoms. The molecule has 5 nitrogen and oxygen atoms in total. The zero-order valence-electron chi connectivity index (χ0n) is 10.6. The molecule has 0 unspecified atom stereocenters. The zero-order valence-corrected chi connectivity index (χ0v) is 10.6. The lowest BCUT2D eigenvalue weighted by molar-refractivity contribution is -0.188. The minimum Gasteiger partial charge on any atom is -0.394 e. The Morgan fingerprint density at radius 1 is 1.28 bits per heavy atom. The second-order valence-electron chi connectivity index (χ2n) is 4.88. The van der Waals surface area contributed by atoms with Crippen molar-refractivity contribution in [3.8, 4) is 11.8 Å². The van der Waals surface area contributed by atoms with Crippen LogP contribution in [0.25, 0.3) is 0 Å². The molecule has 1 saturated carbocycles. The van der Waals surface area contributed by atoms with Crippen LogP contribution < -0.4 is 5.32 Å². The number of carbonyl (C=O) groups excluding carboxylic acids is 1. The van der Waals surface area contributed by atoms with Crippen LogP contribution in [0.15, 0.2) is 0 Å². The molecule has 0 radical (unpaired) electrons. The Bertz CT molecular complexity index is 366. The minimum atomic E-state index is -0.582. The van der Waals surface area contributed by atoms with E-state index < -0.39 is 11.3 Å². The van der Waals surface area contributed by atoms with Crippen LogP contribution in [0.5, 0.6) is 0 Å². The molecule has 0 aromatic heterocycles. The topological polar surface area (TPSA) is 67.8 Å². The highest BCUT2D eigenvalue weighted by Crippen LogP contribution is 2.40. The van der Waals surface area contributed by atoms with Crippen LogP contribution in [0, 0.1) is 11.8 Å². The Morgan fingerprint density at radius 3 is 2.39 bits per heavy atom. The molecule has 2 N–H and O–H groups in total. The number of carbonyl (C=O) groups is 1. The average Bonchev–Trinajstić information content (AvgIpc) is 2.82. The maximum Gasteiger partial charge on any atom is 0.296 e. The van der Waals surface area contributed by atoms with E-state index in [2.05, 4.69) is 17.2 Å². The van der Waals surface area contributed by atoms with Crippen molar-refractivity contribution in [2.24, 2.45) is 0 Å². The van der Waals surface area contributed by atoms with Crippen molar-refractivity contribution in [3.05, 3.63) is 0 Å². The predicted molar refractivity (Wildman–Crippen MR) is 64.5 cm³/mol. The molecule has 1 spiro atoms. The first-order valence-electron chi connectivity index (χ1n) is 6.27. The summed E-state index contributed by atoms with van der Waals surface area (Å²) in [6.07, 6.45) is 2.65. The molecule has 5 heteroatoms. The quantitative estimate of drug-likeness (QED) is 0.689. The van der Waals surface area contributed by atoms with Crippen LogP contribution in [-0.2, 0) is 14.3 Å². The summed E-state index contributed by atoms with van der Waals surface area (Å²) in [5, 5.41) is 12.4. The highest BCUT2D eigenvalue weighted by molar-refractivity contribution is 5.93. The van der Waals surface area contributed by atoms with E-state index in [-0.39, 0.29) is 12.5 Å². The van der Waals surface area contributed by atoms with E-state index >= 15 is 0 Å². The van der Waals surface area contributed by atoms with Crippen LogP contribution in [0.3, 0.4) is 0 Å². The third kappa shape index (κ3) is 2.66. The predicted octanol–water partition coefficient (Wildman–Crippen LogP) is 0.174. The van der Waals surface area contributed by atoms with E-state index in [4.69, 9.17) is 9.47 Å². The van der Waals surface area contributed by atoms with E-state index in [1.165, 1.54) is 0 Å². The van der Waals surface area contributed by atoms with Crippen molar-refractivity contribution >= 4 is 5.91 Å². The maximum atomic E-state index is 11.5. The summed E-state index contributed by atoms with van der Waals surface area (Å²) in [5.74, 6) is 4.17. The molecule has 0 aromatic rings. The second kappa shape index (κ2) is 5.27. The van der Waals surface area contributed by atoms with Crippen LogP contribution >= 0.6 is 0 Å². The lowest BCUT2D eigenvalue weighted by Gasteiger charge is -2.42. The molecular weight excluding hydrogens is 234 g/mol. The molecule has 100 valence electrons. The number of hydrogen-bond acceptors (Lipinski definition) is 4. The van der Waals surface area contributed by atoms with Gasteiger partial charge in [-0.1, -0.05) is 5.92 Å². The van der Waals surface area contributed by atoms with Crippen LogP contribution in [0.1, 0.15) is 32.6 Å². The molecular formula is C13H19NO4. The van der Waals surface area contributed by atoms with Gasteiger partial charge in [-0.3, -0.25) is 4.79 Å². The van der Waals surface area contributed by atoms with Gasteiger partial charge in [0.2, 0.25) is 0 Å². The van der Waals surface area contributed by atoms with Gasteiger partial charge in [0.05, 0.1) is 25.4 Å². The summed E-state index contributed by atoms with van der Waals surface area (Å²) in [7, 11) is 0. The van der Waals surface area contributed by atoms with Gasteiger partial charge in [-0.25, -0.2) is 0 Å². The Hall–Kier alpha value is -1.09. The van der Waals surface area contributed by atoms with Gasteiger partial charge in [-0.2, -0.15) is 0 Å². The van der Waals surface area contributed by atoms with E-state index in [0.717, 1.165) is 0 Å². The zero-order chi connectivity index (χ0) is 13.1. The molecule has 1 heterocycles. The number of aliphatic hydroxyl groups excluding tert-OH is 1. The largest absolute Gasteiger partial charge is 0.394 e. The highest BCUT2D eigenvalue weighted by Gasteiger charge is 2.46. The minimum absolute atomic E-state index is 0.0831. The molecule has 2 aliphatic rings. The first kappa shape index (κ1) is 13.3. The Labute approximate surface area is 107 Å². The van der Waals surface area contributed by atoms with Gasteiger partial charge in [0.1, 0.15) is 0 Å². The lowest BCUT2D eigenvalue weighted by atomic mass is 9.79. The SMILES string of the molecule is CC#CC(=O)NC1(CO)CCC2(CC1)OCCO2. The van der Waals surface area contributed by atoms with Crippen molar-refractivity contribution in [1.29, 1.82) is 0 Å². The van der Waals surface area contributed by atoms with Crippen molar-refractivity contribution in [1.82, 2.24) is 5.32 Å². The fourth-order valence-electron chi connectivity index (χ4n) is 2.60. The van der Waals surface area contributed by atoms with Gasteiger partial charge in [0, 0.05) is 12.8 Å². The van der Waals surface area contributed by atoms with Crippen molar-refractivity contribution in [2.75, 3.05) is 19.8 Å². The summed E-state index contributed by atoms with van der Waals surface area (Å²) in [5.41, 5.74) is -0.582. The summed E-state index contributed by atoms with van der Waals surface area (Å²) in [6, 6.07) is 0. The first-order chi connectivity index (χ1) is 8.64. The van der Waals surface area contributed by atoms with Gasteiger partial charge in [-0.05, 0) is 25.7 Å². The van der Waals surface area contributed by atoms with E-state index in [1.54, 1.807) is 6.92 Å². The molecule has 2 fully saturated rings.